The zero-order valence-corrected chi connectivity index (χ0v) is 12.3. The van der Waals surface area contributed by atoms with Crippen molar-refractivity contribution in [3.05, 3.63) is 30.2 Å². The van der Waals surface area contributed by atoms with Gasteiger partial charge in [-0.2, -0.15) is 5.10 Å². The number of aromatic nitrogens is 3. The zero-order valence-electron chi connectivity index (χ0n) is 12.3. The first-order valence-corrected chi connectivity index (χ1v) is 8.16. The number of nitrogens with one attached hydrogen (secondary N) is 2. The number of anilines is 1. The predicted molar refractivity (Wildman–Crippen MR) is 84.3 cm³/mol. The van der Waals surface area contributed by atoms with E-state index < -0.39 is 0 Å². The molecule has 2 heterocycles. The highest BCUT2D eigenvalue weighted by molar-refractivity contribution is 5.68. The van der Waals surface area contributed by atoms with Gasteiger partial charge in [0.25, 0.3) is 0 Å². The lowest BCUT2D eigenvalue weighted by atomic mass is 9.93. The molecule has 110 valence electrons. The highest BCUT2D eigenvalue weighted by Crippen LogP contribution is 2.38. The molecule has 0 spiro atoms. The third-order valence-corrected chi connectivity index (χ3v) is 4.96. The van der Waals surface area contributed by atoms with Gasteiger partial charge >= 0.3 is 0 Å². The van der Waals surface area contributed by atoms with Crippen LogP contribution < -0.4 is 5.32 Å². The molecule has 2 saturated carbocycles. The van der Waals surface area contributed by atoms with Crippen molar-refractivity contribution in [3.8, 4) is 11.1 Å². The normalized spacial score (nSPS) is 19.6. The Labute approximate surface area is 125 Å². The van der Waals surface area contributed by atoms with E-state index in [4.69, 9.17) is 0 Å². The number of H-pyrrole nitrogens is 1. The lowest BCUT2D eigenvalue weighted by Gasteiger charge is -2.27. The second-order valence-corrected chi connectivity index (χ2v) is 6.38. The van der Waals surface area contributed by atoms with Gasteiger partial charge in [-0.15, -0.1) is 0 Å². The summed E-state index contributed by atoms with van der Waals surface area (Å²) in [6, 6.07) is 4.88. The largest absolute Gasteiger partial charge is 0.367 e. The van der Waals surface area contributed by atoms with E-state index in [0.717, 1.165) is 5.82 Å². The summed E-state index contributed by atoms with van der Waals surface area (Å²) in [7, 11) is 0. The lowest BCUT2D eigenvalue weighted by Crippen LogP contribution is -2.27. The van der Waals surface area contributed by atoms with Gasteiger partial charge in [-0.1, -0.05) is 12.8 Å². The third kappa shape index (κ3) is 2.55. The summed E-state index contributed by atoms with van der Waals surface area (Å²) >= 11 is 0. The molecule has 0 radical (unpaired) electrons. The van der Waals surface area contributed by atoms with E-state index >= 15 is 0 Å². The van der Waals surface area contributed by atoms with Gasteiger partial charge in [0.2, 0.25) is 0 Å². The van der Waals surface area contributed by atoms with E-state index in [2.05, 4.69) is 32.6 Å². The maximum atomic E-state index is 4.46. The van der Waals surface area contributed by atoms with Crippen molar-refractivity contribution in [2.45, 2.75) is 56.9 Å². The van der Waals surface area contributed by atoms with Gasteiger partial charge in [0.05, 0.1) is 6.20 Å². The van der Waals surface area contributed by atoms with Crippen LogP contribution in [0, 0.1) is 0 Å². The molecule has 0 unspecified atom stereocenters. The van der Waals surface area contributed by atoms with Crippen molar-refractivity contribution in [3.63, 3.8) is 0 Å². The number of aromatic amines is 1. The Morgan fingerprint density at radius 2 is 1.95 bits per heavy atom. The highest BCUT2D eigenvalue weighted by Gasteiger charge is 2.22. The molecule has 0 atom stereocenters. The quantitative estimate of drug-likeness (QED) is 0.888. The van der Waals surface area contributed by atoms with E-state index in [1.54, 1.807) is 0 Å². The molecular weight excluding hydrogens is 260 g/mol. The number of pyridine rings is 1. The number of rotatable bonds is 4. The Bertz CT molecular complexity index is 609. The first-order chi connectivity index (χ1) is 10.4. The predicted octanol–water partition coefficient (Wildman–Crippen LogP) is 4.09. The summed E-state index contributed by atoms with van der Waals surface area (Å²) in [5, 5.41) is 11.1. The van der Waals surface area contributed by atoms with Gasteiger partial charge in [0.1, 0.15) is 5.82 Å². The summed E-state index contributed by atoms with van der Waals surface area (Å²) in [5.41, 5.74) is 3.79. The molecule has 2 aliphatic carbocycles. The van der Waals surface area contributed by atoms with Gasteiger partial charge in [-0.05, 0) is 49.8 Å². The highest BCUT2D eigenvalue weighted by atomic mass is 15.1. The number of nitrogens with zero attached hydrogens (tertiary/aromatic N) is 2. The molecular formula is C17H22N4. The molecule has 4 rings (SSSR count). The van der Waals surface area contributed by atoms with Gasteiger partial charge in [0, 0.05) is 29.4 Å². The maximum Gasteiger partial charge on any atom is 0.126 e. The van der Waals surface area contributed by atoms with Crippen LogP contribution in [0.25, 0.3) is 11.1 Å². The molecule has 0 saturated heterocycles. The zero-order chi connectivity index (χ0) is 14.1. The van der Waals surface area contributed by atoms with Crippen molar-refractivity contribution in [2.24, 2.45) is 0 Å². The Morgan fingerprint density at radius 1 is 1.10 bits per heavy atom. The van der Waals surface area contributed by atoms with Gasteiger partial charge in [-0.25, -0.2) is 4.98 Å². The molecule has 0 bridgehead atoms. The van der Waals surface area contributed by atoms with Crippen LogP contribution in [-0.4, -0.2) is 21.2 Å². The molecule has 0 aliphatic heterocycles. The minimum atomic E-state index is 0.617. The van der Waals surface area contributed by atoms with E-state index in [0.29, 0.717) is 12.0 Å². The molecule has 2 aromatic heterocycles. The molecule has 2 N–H and O–H groups in total. The van der Waals surface area contributed by atoms with Crippen LogP contribution in [0.5, 0.6) is 0 Å². The first-order valence-electron chi connectivity index (χ1n) is 8.16. The molecule has 2 aromatic rings. The van der Waals surface area contributed by atoms with Gasteiger partial charge in [-0.3, -0.25) is 5.10 Å². The molecule has 4 heteroatoms. The van der Waals surface area contributed by atoms with Crippen molar-refractivity contribution in [2.75, 3.05) is 5.32 Å². The van der Waals surface area contributed by atoms with Gasteiger partial charge < -0.3 is 5.32 Å². The van der Waals surface area contributed by atoms with Crippen molar-refractivity contribution < 1.29 is 0 Å². The summed E-state index contributed by atoms with van der Waals surface area (Å²) in [5.74, 6) is 1.65. The van der Waals surface area contributed by atoms with Crippen LogP contribution in [0.2, 0.25) is 0 Å². The van der Waals surface area contributed by atoms with Crippen LogP contribution in [-0.2, 0) is 0 Å². The minimum absolute atomic E-state index is 0.617. The van der Waals surface area contributed by atoms with Crippen molar-refractivity contribution >= 4 is 5.82 Å². The van der Waals surface area contributed by atoms with Crippen LogP contribution in [0.1, 0.15) is 56.6 Å². The van der Waals surface area contributed by atoms with Crippen LogP contribution in [0.4, 0.5) is 5.82 Å². The average Bonchev–Trinajstić information content (AvgIpc) is 3.13. The molecule has 0 amide bonds. The smallest absolute Gasteiger partial charge is 0.126 e. The van der Waals surface area contributed by atoms with Crippen molar-refractivity contribution in [1.82, 2.24) is 15.2 Å². The third-order valence-electron chi connectivity index (χ3n) is 4.96. The van der Waals surface area contributed by atoms with Crippen LogP contribution in [0.15, 0.2) is 24.5 Å². The van der Waals surface area contributed by atoms with E-state index in [-0.39, 0.29) is 0 Å². The SMILES string of the molecule is c1cc(-c2cn[nH]c2C2CCCC2)cc(NC2CCC2)n1. The fourth-order valence-electron chi connectivity index (χ4n) is 3.49. The summed E-state index contributed by atoms with van der Waals surface area (Å²) in [6.45, 7) is 0. The van der Waals surface area contributed by atoms with E-state index in [9.17, 15) is 0 Å². The maximum absolute atomic E-state index is 4.46. The monoisotopic (exact) mass is 282 g/mol. The van der Waals surface area contributed by atoms with Crippen molar-refractivity contribution in [1.29, 1.82) is 0 Å². The molecule has 4 nitrogen and oxygen atoms in total. The van der Waals surface area contributed by atoms with Crippen LogP contribution in [0.3, 0.4) is 0 Å². The van der Waals surface area contributed by atoms with Crippen LogP contribution >= 0.6 is 0 Å². The Kier molecular flexibility index (Phi) is 3.37. The Morgan fingerprint density at radius 3 is 2.71 bits per heavy atom. The second kappa shape index (κ2) is 5.51. The number of hydrogen-bond donors (Lipinski definition) is 2. The summed E-state index contributed by atoms with van der Waals surface area (Å²) in [6.07, 6.45) is 13.0. The molecule has 2 aliphatic rings. The Balaban J connectivity index is 1.60. The molecule has 21 heavy (non-hydrogen) atoms. The fourth-order valence-corrected chi connectivity index (χ4v) is 3.49. The average molecular weight is 282 g/mol. The van der Waals surface area contributed by atoms with E-state index in [1.165, 1.54) is 61.8 Å². The van der Waals surface area contributed by atoms with E-state index in [1.807, 2.05) is 12.4 Å². The topological polar surface area (TPSA) is 53.6 Å². The minimum Gasteiger partial charge on any atom is -0.367 e. The fraction of sp³-hybridized carbons (Fsp3) is 0.529. The molecule has 0 aromatic carbocycles. The standard InChI is InChI=1S/C17H22N4/c1-2-5-12(4-1)17-15(11-19-21-17)13-8-9-18-16(10-13)20-14-6-3-7-14/h8-12,14H,1-7H2,(H,18,20)(H,19,21). The number of hydrogen-bond acceptors (Lipinski definition) is 3. The Hall–Kier alpha value is -1.84. The summed E-state index contributed by atoms with van der Waals surface area (Å²) in [4.78, 5) is 4.46. The summed E-state index contributed by atoms with van der Waals surface area (Å²) < 4.78 is 0. The second-order valence-electron chi connectivity index (χ2n) is 6.38. The first kappa shape index (κ1) is 12.9. The lowest BCUT2D eigenvalue weighted by molar-refractivity contribution is 0.444. The van der Waals surface area contributed by atoms with Gasteiger partial charge in [0.15, 0.2) is 0 Å². The molecule has 2 fully saturated rings.